The number of thioether (sulfide) groups is 1. The van der Waals surface area contributed by atoms with Gasteiger partial charge in [0.1, 0.15) is 0 Å². The van der Waals surface area contributed by atoms with E-state index in [1.165, 1.54) is 11.8 Å². The average molecular weight is 530 g/mol. The molecule has 0 saturated heterocycles. The molecule has 33 heavy (non-hydrogen) atoms. The largest absolute Gasteiger partial charge is 0.493 e. The topological polar surface area (TPSA) is 90.6 Å². The molecule has 0 aliphatic carbocycles. The Labute approximate surface area is 205 Å². The van der Waals surface area contributed by atoms with Crippen molar-refractivity contribution in [3.63, 3.8) is 0 Å². The molecule has 172 valence electrons. The molecule has 1 aromatic heterocycles. The highest BCUT2D eigenvalue weighted by molar-refractivity contribution is 9.10. The molecule has 10 heteroatoms. The van der Waals surface area contributed by atoms with Crippen molar-refractivity contribution in [1.82, 2.24) is 20.2 Å². The fourth-order valence-electron chi connectivity index (χ4n) is 2.89. The van der Waals surface area contributed by atoms with Gasteiger partial charge < -0.3 is 9.47 Å². The lowest BCUT2D eigenvalue weighted by Gasteiger charge is -2.10. The van der Waals surface area contributed by atoms with Crippen LogP contribution in [0.25, 0.3) is 11.4 Å². The Hall–Kier alpha value is -3.11. The highest BCUT2D eigenvalue weighted by Crippen LogP contribution is 2.27. The van der Waals surface area contributed by atoms with E-state index in [9.17, 15) is 4.79 Å². The molecule has 0 saturated carbocycles. The molecule has 1 amide bonds. The number of halogens is 1. The third kappa shape index (κ3) is 6.69. The predicted molar refractivity (Wildman–Crippen MR) is 134 cm³/mol. The van der Waals surface area contributed by atoms with Gasteiger partial charge in [0.05, 0.1) is 26.2 Å². The van der Waals surface area contributed by atoms with Gasteiger partial charge in [-0.15, -0.1) is 10.2 Å². The highest BCUT2D eigenvalue weighted by Gasteiger charge is 2.16. The smallest absolute Gasteiger partial charge is 0.250 e. The second-order valence-corrected chi connectivity index (χ2v) is 8.91. The molecular weight excluding hydrogens is 506 g/mol. The number of amides is 1. The first kappa shape index (κ1) is 24.5. The van der Waals surface area contributed by atoms with Gasteiger partial charge in [0.2, 0.25) is 0 Å². The number of methoxy groups -OCH3 is 2. The third-order valence-corrected chi connectivity index (χ3v) is 5.89. The predicted octanol–water partition coefficient (Wildman–Crippen LogP) is 4.54. The van der Waals surface area contributed by atoms with Crippen molar-refractivity contribution in [3.05, 3.63) is 64.7 Å². The maximum atomic E-state index is 12.3. The van der Waals surface area contributed by atoms with E-state index in [1.54, 1.807) is 32.6 Å². The molecule has 0 fully saturated rings. The number of hydrogen-bond acceptors (Lipinski definition) is 7. The standard InChI is InChI=1S/C23H24BrN5O3S/c1-15(2)13-29-22(17-6-8-18(24)9-7-17)27-28-23(29)33-14-21(30)26-25-12-16-5-10-19(31-3)20(11-16)32-4/h5-12H,1,13-14H2,2-4H3,(H,26,30). The van der Waals surface area contributed by atoms with Crippen molar-refractivity contribution in [2.75, 3.05) is 20.0 Å². The zero-order chi connectivity index (χ0) is 23.8. The maximum absolute atomic E-state index is 12.3. The molecule has 3 rings (SSSR count). The Kier molecular flexibility index (Phi) is 8.67. The van der Waals surface area contributed by atoms with Crippen LogP contribution in [0.3, 0.4) is 0 Å². The first-order valence-electron chi connectivity index (χ1n) is 9.91. The van der Waals surface area contributed by atoms with Gasteiger partial charge in [0.25, 0.3) is 5.91 Å². The average Bonchev–Trinajstić information content (AvgIpc) is 3.19. The Morgan fingerprint density at radius 3 is 2.58 bits per heavy atom. The van der Waals surface area contributed by atoms with Gasteiger partial charge >= 0.3 is 0 Å². The molecule has 0 radical (unpaired) electrons. The minimum atomic E-state index is -0.258. The van der Waals surface area contributed by atoms with E-state index in [0.29, 0.717) is 23.2 Å². The number of carbonyl (C=O) groups is 1. The van der Waals surface area contributed by atoms with Crippen molar-refractivity contribution in [1.29, 1.82) is 0 Å². The number of aromatic nitrogens is 3. The van der Waals surface area contributed by atoms with Crippen molar-refractivity contribution in [2.45, 2.75) is 18.6 Å². The summed E-state index contributed by atoms with van der Waals surface area (Å²) in [6.07, 6.45) is 1.54. The minimum Gasteiger partial charge on any atom is -0.493 e. The fraction of sp³-hybridized carbons (Fsp3) is 0.217. The lowest BCUT2D eigenvalue weighted by molar-refractivity contribution is -0.118. The van der Waals surface area contributed by atoms with E-state index in [0.717, 1.165) is 27.0 Å². The summed E-state index contributed by atoms with van der Waals surface area (Å²) in [6.45, 7) is 6.49. The molecule has 1 heterocycles. The van der Waals surface area contributed by atoms with Crippen molar-refractivity contribution in [2.24, 2.45) is 5.10 Å². The van der Waals surface area contributed by atoms with E-state index < -0.39 is 0 Å². The number of nitrogens with one attached hydrogen (secondary N) is 1. The number of allylic oxidation sites excluding steroid dienone is 1. The monoisotopic (exact) mass is 529 g/mol. The number of hydrazone groups is 1. The van der Waals surface area contributed by atoms with Crippen LogP contribution in [0.4, 0.5) is 0 Å². The maximum Gasteiger partial charge on any atom is 0.250 e. The van der Waals surface area contributed by atoms with E-state index in [1.807, 2.05) is 41.8 Å². The Morgan fingerprint density at radius 1 is 1.18 bits per heavy atom. The van der Waals surface area contributed by atoms with Crippen LogP contribution in [0.15, 0.2) is 69.3 Å². The van der Waals surface area contributed by atoms with E-state index in [2.05, 4.69) is 43.2 Å². The van der Waals surface area contributed by atoms with Gasteiger partial charge in [0.15, 0.2) is 22.5 Å². The molecule has 8 nitrogen and oxygen atoms in total. The number of nitrogens with zero attached hydrogens (tertiary/aromatic N) is 4. The number of rotatable bonds is 10. The Morgan fingerprint density at radius 2 is 1.91 bits per heavy atom. The summed E-state index contributed by atoms with van der Waals surface area (Å²) in [5, 5.41) is 13.3. The summed E-state index contributed by atoms with van der Waals surface area (Å²) < 4.78 is 13.4. The quantitative estimate of drug-likeness (QED) is 0.179. The molecule has 0 aliphatic heterocycles. The Bertz CT molecular complexity index is 1160. The highest BCUT2D eigenvalue weighted by atomic mass is 79.9. The summed E-state index contributed by atoms with van der Waals surface area (Å²) in [7, 11) is 3.13. The Balaban J connectivity index is 1.64. The van der Waals surface area contributed by atoms with Crippen LogP contribution in [0.5, 0.6) is 11.5 Å². The summed E-state index contributed by atoms with van der Waals surface area (Å²) in [5.41, 5.74) is 5.19. The second-order valence-electron chi connectivity index (χ2n) is 7.05. The summed E-state index contributed by atoms with van der Waals surface area (Å²) in [6, 6.07) is 13.2. The SMILES string of the molecule is C=C(C)Cn1c(SCC(=O)NN=Cc2ccc(OC)c(OC)c2)nnc1-c1ccc(Br)cc1. The van der Waals surface area contributed by atoms with Crippen molar-refractivity contribution in [3.8, 4) is 22.9 Å². The van der Waals surface area contributed by atoms with Gasteiger partial charge in [-0.3, -0.25) is 9.36 Å². The van der Waals surface area contributed by atoms with Crippen LogP contribution in [-0.2, 0) is 11.3 Å². The number of hydrogen-bond donors (Lipinski definition) is 1. The number of carbonyl (C=O) groups excluding carboxylic acids is 1. The van der Waals surface area contributed by atoms with Gasteiger partial charge in [-0.25, -0.2) is 5.43 Å². The molecule has 3 aromatic rings. The molecule has 1 N–H and O–H groups in total. The van der Waals surface area contributed by atoms with Crippen molar-refractivity contribution >= 4 is 39.8 Å². The summed E-state index contributed by atoms with van der Waals surface area (Å²) >= 11 is 4.73. The van der Waals surface area contributed by atoms with E-state index >= 15 is 0 Å². The lowest BCUT2D eigenvalue weighted by atomic mass is 10.2. The molecule has 2 aromatic carbocycles. The van der Waals surface area contributed by atoms with Gasteiger partial charge in [-0.05, 0) is 42.8 Å². The van der Waals surface area contributed by atoms with E-state index in [-0.39, 0.29) is 11.7 Å². The normalized spacial score (nSPS) is 10.9. The first-order chi connectivity index (χ1) is 15.9. The molecule has 0 atom stereocenters. The number of ether oxygens (including phenoxy) is 2. The zero-order valence-electron chi connectivity index (χ0n) is 18.5. The first-order valence-corrected chi connectivity index (χ1v) is 11.7. The van der Waals surface area contributed by atoms with Crippen LogP contribution in [0.2, 0.25) is 0 Å². The molecule has 0 aliphatic rings. The fourth-order valence-corrected chi connectivity index (χ4v) is 3.89. The van der Waals surface area contributed by atoms with Crippen LogP contribution in [-0.4, -0.2) is 46.9 Å². The minimum absolute atomic E-state index is 0.137. The molecule has 0 unspecified atom stereocenters. The molecule has 0 bridgehead atoms. The van der Waals surface area contributed by atoms with Gasteiger partial charge in [0, 0.05) is 16.6 Å². The van der Waals surface area contributed by atoms with Crippen LogP contribution in [0.1, 0.15) is 12.5 Å². The van der Waals surface area contributed by atoms with Crippen LogP contribution < -0.4 is 14.9 Å². The van der Waals surface area contributed by atoms with Crippen molar-refractivity contribution < 1.29 is 14.3 Å². The summed E-state index contributed by atoms with van der Waals surface area (Å²) in [4.78, 5) is 12.3. The second kappa shape index (κ2) is 11.7. The van der Waals surface area contributed by atoms with Gasteiger partial charge in [-0.1, -0.05) is 52.0 Å². The number of benzene rings is 2. The van der Waals surface area contributed by atoms with E-state index in [4.69, 9.17) is 9.47 Å². The molecular formula is C23H24BrN5O3S. The lowest BCUT2D eigenvalue weighted by Crippen LogP contribution is -2.20. The zero-order valence-corrected chi connectivity index (χ0v) is 20.9. The van der Waals surface area contributed by atoms with Crippen LogP contribution >= 0.6 is 27.7 Å². The summed E-state index contributed by atoms with van der Waals surface area (Å²) in [5.74, 6) is 1.81. The molecule has 0 spiro atoms. The van der Waals surface area contributed by atoms with Gasteiger partial charge in [-0.2, -0.15) is 5.10 Å². The third-order valence-electron chi connectivity index (χ3n) is 4.39. The van der Waals surface area contributed by atoms with Crippen LogP contribution in [0, 0.1) is 0 Å².